The van der Waals surface area contributed by atoms with Crippen LogP contribution < -0.4 is 5.32 Å². The van der Waals surface area contributed by atoms with Gasteiger partial charge in [0.25, 0.3) is 0 Å². The first kappa shape index (κ1) is 14.0. The Balaban J connectivity index is 2.92. The normalized spacial score (nSPS) is 11.1. The zero-order valence-corrected chi connectivity index (χ0v) is 11.6. The summed E-state index contributed by atoms with van der Waals surface area (Å²) >= 11 is 9.15. The number of hydrogen-bond acceptors (Lipinski definition) is 2. The standard InChI is InChI=1S/C11H11BrClNO3/c1-11(2,10(16)17)9(15)14-8-4-3-6(12)5-7(8)13/h3-5H,1-2H3,(H,14,15)(H,16,17). The lowest BCUT2D eigenvalue weighted by Crippen LogP contribution is -2.37. The topological polar surface area (TPSA) is 66.4 Å². The van der Waals surface area contributed by atoms with Crippen LogP contribution in [0.25, 0.3) is 0 Å². The number of amides is 1. The number of rotatable bonds is 3. The highest BCUT2D eigenvalue weighted by Crippen LogP contribution is 2.27. The molecule has 1 amide bonds. The smallest absolute Gasteiger partial charge is 0.318 e. The summed E-state index contributed by atoms with van der Waals surface area (Å²) in [6.45, 7) is 2.66. The average Bonchev–Trinajstić information content (AvgIpc) is 2.21. The minimum Gasteiger partial charge on any atom is -0.480 e. The van der Waals surface area contributed by atoms with Crippen molar-refractivity contribution >= 4 is 45.1 Å². The molecule has 0 unspecified atom stereocenters. The lowest BCUT2D eigenvalue weighted by atomic mass is 9.92. The molecule has 1 aromatic carbocycles. The Kier molecular flexibility index (Phi) is 4.16. The molecule has 0 spiro atoms. The van der Waals surface area contributed by atoms with Crippen molar-refractivity contribution in [2.45, 2.75) is 13.8 Å². The molecule has 1 rings (SSSR count). The molecule has 0 fully saturated rings. The van der Waals surface area contributed by atoms with Gasteiger partial charge in [0, 0.05) is 4.47 Å². The molecule has 92 valence electrons. The molecule has 6 heteroatoms. The second-order valence-electron chi connectivity index (χ2n) is 4.01. The molecule has 0 bridgehead atoms. The summed E-state index contributed by atoms with van der Waals surface area (Å²) in [5.41, 5.74) is -1.12. The van der Waals surface area contributed by atoms with Gasteiger partial charge >= 0.3 is 5.97 Å². The van der Waals surface area contributed by atoms with Gasteiger partial charge in [0.15, 0.2) is 0 Å². The molecule has 4 nitrogen and oxygen atoms in total. The number of benzene rings is 1. The van der Waals surface area contributed by atoms with E-state index in [0.717, 1.165) is 4.47 Å². The van der Waals surface area contributed by atoms with Gasteiger partial charge in [0.1, 0.15) is 5.41 Å². The average molecular weight is 321 g/mol. The van der Waals surface area contributed by atoms with Crippen LogP contribution in [0.5, 0.6) is 0 Å². The van der Waals surface area contributed by atoms with Gasteiger partial charge in [-0.05, 0) is 32.0 Å². The number of carboxylic acids is 1. The molecule has 0 aromatic heterocycles. The fourth-order valence-electron chi connectivity index (χ4n) is 0.967. The maximum Gasteiger partial charge on any atom is 0.318 e. The van der Waals surface area contributed by atoms with Crippen LogP contribution in [-0.4, -0.2) is 17.0 Å². The van der Waals surface area contributed by atoms with E-state index in [4.69, 9.17) is 16.7 Å². The van der Waals surface area contributed by atoms with Gasteiger partial charge in [-0.2, -0.15) is 0 Å². The Morgan fingerprint density at radius 1 is 1.41 bits per heavy atom. The summed E-state index contributed by atoms with van der Waals surface area (Å²) < 4.78 is 0.776. The number of halogens is 2. The Bertz CT molecular complexity index is 474. The highest BCUT2D eigenvalue weighted by Gasteiger charge is 2.36. The fraction of sp³-hybridized carbons (Fsp3) is 0.273. The Morgan fingerprint density at radius 3 is 2.47 bits per heavy atom. The summed E-state index contributed by atoms with van der Waals surface area (Å²) in [6, 6.07) is 4.92. The van der Waals surface area contributed by atoms with E-state index in [1.165, 1.54) is 13.8 Å². The molecule has 0 aliphatic heterocycles. The molecule has 0 aliphatic carbocycles. The minimum absolute atomic E-state index is 0.342. The molecule has 0 heterocycles. The highest BCUT2D eigenvalue weighted by atomic mass is 79.9. The first-order chi connectivity index (χ1) is 7.75. The summed E-state index contributed by atoms with van der Waals surface area (Å²) in [7, 11) is 0. The maximum absolute atomic E-state index is 11.8. The van der Waals surface area contributed by atoms with Crippen molar-refractivity contribution in [3.63, 3.8) is 0 Å². The Hall–Kier alpha value is -1.07. The van der Waals surface area contributed by atoms with E-state index in [2.05, 4.69) is 21.2 Å². The van der Waals surface area contributed by atoms with Crippen LogP contribution in [0, 0.1) is 5.41 Å². The van der Waals surface area contributed by atoms with Gasteiger partial charge in [-0.3, -0.25) is 9.59 Å². The monoisotopic (exact) mass is 319 g/mol. The zero-order valence-electron chi connectivity index (χ0n) is 9.25. The molecule has 0 saturated carbocycles. The van der Waals surface area contributed by atoms with Crippen LogP contribution >= 0.6 is 27.5 Å². The van der Waals surface area contributed by atoms with Crippen molar-refractivity contribution in [2.75, 3.05) is 5.32 Å². The number of nitrogens with one attached hydrogen (secondary N) is 1. The van der Waals surface area contributed by atoms with Gasteiger partial charge in [0.05, 0.1) is 10.7 Å². The third kappa shape index (κ3) is 3.20. The molecule has 0 aliphatic rings. The molecule has 0 radical (unpaired) electrons. The van der Waals surface area contributed by atoms with Gasteiger partial charge in [-0.1, -0.05) is 27.5 Å². The van der Waals surface area contributed by atoms with Crippen LogP contribution in [0.15, 0.2) is 22.7 Å². The summed E-state index contributed by atoms with van der Waals surface area (Å²) in [6.07, 6.45) is 0. The minimum atomic E-state index is -1.50. The van der Waals surface area contributed by atoms with E-state index >= 15 is 0 Å². The molecule has 0 saturated heterocycles. The number of carboxylic acid groups (broad SMARTS) is 1. The number of anilines is 1. The molecule has 1 aromatic rings. The van der Waals surface area contributed by atoms with E-state index in [0.29, 0.717) is 10.7 Å². The molecular weight excluding hydrogens is 309 g/mol. The van der Waals surface area contributed by atoms with Gasteiger partial charge in [-0.25, -0.2) is 0 Å². The first-order valence-electron chi connectivity index (χ1n) is 4.75. The molecule has 2 N–H and O–H groups in total. The lowest BCUT2D eigenvalue weighted by molar-refractivity contribution is -0.151. The summed E-state index contributed by atoms with van der Waals surface area (Å²) in [5.74, 6) is -1.81. The summed E-state index contributed by atoms with van der Waals surface area (Å²) in [4.78, 5) is 22.6. The third-order valence-corrected chi connectivity index (χ3v) is 3.09. The Morgan fingerprint density at radius 2 is 2.00 bits per heavy atom. The van der Waals surface area contributed by atoms with E-state index < -0.39 is 17.3 Å². The van der Waals surface area contributed by atoms with E-state index in [1.54, 1.807) is 18.2 Å². The number of hydrogen-bond donors (Lipinski definition) is 2. The number of aliphatic carboxylic acids is 1. The van der Waals surface area contributed by atoms with Crippen LogP contribution in [-0.2, 0) is 9.59 Å². The second-order valence-corrected chi connectivity index (χ2v) is 5.33. The maximum atomic E-state index is 11.8. The van der Waals surface area contributed by atoms with Crippen molar-refractivity contribution in [1.82, 2.24) is 0 Å². The van der Waals surface area contributed by atoms with E-state index in [-0.39, 0.29) is 0 Å². The van der Waals surface area contributed by atoms with Gasteiger partial charge < -0.3 is 10.4 Å². The quantitative estimate of drug-likeness (QED) is 0.841. The molecule has 17 heavy (non-hydrogen) atoms. The first-order valence-corrected chi connectivity index (χ1v) is 5.92. The SMILES string of the molecule is CC(C)(C(=O)O)C(=O)Nc1ccc(Br)cc1Cl. The van der Waals surface area contributed by atoms with Crippen molar-refractivity contribution in [1.29, 1.82) is 0 Å². The largest absolute Gasteiger partial charge is 0.480 e. The highest BCUT2D eigenvalue weighted by molar-refractivity contribution is 9.10. The van der Waals surface area contributed by atoms with Crippen LogP contribution in [0.1, 0.15) is 13.8 Å². The second kappa shape index (κ2) is 5.06. The lowest BCUT2D eigenvalue weighted by Gasteiger charge is -2.18. The molecular formula is C11H11BrClNO3. The van der Waals surface area contributed by atoms with Crippen LogP contribution in [0.3, 0.4) is 0 Å². The van der Waals surface area contributed by atoms with Gasteiger partial charge in [-0.15, -0.1) is 0 Å². The van der Waals surface area contributed by atoms with Crippen LogP contribution in [0.4, 0.5) is 5.69 Å². The zero-order chi connectivity index (χ0) is 13.2. The number of carbonyl (C=O) groups is 2. The van der Waals surface area contributed by atoms with Crippen molar-refractivity contribution in [2.24, 2.45) is 5.41 Å². The van der Waals surface area contributed by atoms with Crippen molar-refractivity contribution in [3.8, 4) is 0 Å². The van der Waals surface area contributed by atoms with Crippen molar-refractivity contribution in [3.05, 3.63) is 27.7 Å². The Labute approximate surface area is 112 Å². The fourth-order valence-corrected chi connectivity index (χ4v) is 1.69. The third-order valence-electron chi connectivity index (χ3n) is 2.28. The van der Waals surface area contributed by atoms with E-state index in [9.17, 15) is 9.59 Å². The number of carbonyl (C=O) groups excluding carboxylic acids is 1. The molecule has 0 atom stereocenters. The summed E-state index contributed by atoms with van der Waals surface area (Å²) in [5, 5.41) is 11.7. The predicted molar refractivity (Wildman–Crippen MR) is 69.2 cm³/mol. The van der Waals surface area contributed by atoms with Crippen molar-refractivity contribution < 1.29 is 14.7 Å². The van der Waals surface area contributed by atoms with Gasteiger partial charge in [0.2, 0.25) is 5.91 Å². The predicted octanol–water partition coefficient (Wildman–Crippen LogP) is 3.15. The van der Waals surface area contributed by atoms with E-state index in [1.807, 2.05) is 0 Å². The van der Waals surface area contributed by atoms with Crippen LogP contribution in [0.2, 0.25) is 5.02 Å².